The summed E-state index contributed by atoms with van der Waals surface area (Å²) in [5, 5.41) is 9.73. The van der Waals surface area contributed by atoms with Crippen molar-refractivity contribution in [3.8, 4) is 11.5 Å². The number of phenolic OH excluding ortho intramolecular Hbond substituents is 1. The Morgan fingerprint density at radius 3 is 2.88 bits per heavy atom. The first kappa shape index (κ1) is 13.1. The summed E-state index contributed by atoms with van der Waals surface area (Å²) in [4.78, 5) is 0. The molecule has 0 aliphatic rings. The highest BCUT2D eigenvalue weighted by atomic mass is 79.9. The van der Waals surface area contributed by atoms with E-state index in [-0.39, 0.29) is 11.8 Å². The monoisotopic (exact) mass is 285 g/mol. The number of halogens is 1. The maximum absolute atomic E-state index is 9.73. The molecule has 0 heterocycles. The molecule has 0 bridgehead atoms. The van der Waals surface area contributed by atoms with E-state index in [4.69, 9.17) is 10.5 Å². The fourth-order valence-electron chi connectivity index (χ4n) is 1.39. The lowest BCUT2D eigenvalue weighted by Crippen LogP contribution is -2.09. The molecule has 16 heavy (non-hydrogen) atoms. The van der Waals surface area contributed by atoms with Crippen LogP contribution in [0, 0.1) is 0 Å². The van der Waals surface area contributed by atoms with Crippen LogP contribution in [0.4, 0.5) is 0 Å². The standard InChI is InChI=1S/C12H16BrNO2/c1-3-5-10(14)8-6-9(13)12(15)11(7-8)16-4-2/h3,6-7,10,15H,1,4-5,14H2,2H3/t10-/m1/s1. The molecule has 0 aliphatic heterocycles. The second-order valence-corrected chi connectivity index (χ2v) is 4.27. The van der Waals surface area contributed by atoms with E-state index < -0.39 is 0 Å². The molecule has 4 heteroatoms. The number of hydrogen-bond donors (Lipinski definition) is 2. The third-order valence-electron chi connectivity index (χ3n) is 2.20. The summed E-state index contributed by atoms with van der Waals surface area (Å²) in [6.07, 6.45) is 2.45. The predicted octanol–water partition coefficient (Wildman–Crippen LogP) is 3.13. The molecule has 3 N–H and O–H groups in total. The maximum atomic E-state index is 9.73. The predicted molar refractivity (Wildman–Crippen MR) is 68.7 cm³/mol. The van der Waals surface area contributed by atoms with Gasteiger partial charge in [-0.1, -0.05) is 6.08 Å². The van der Waals surface area contributed by atoms with Crippen LogP contribution in [-0.4, -0.2) is 11.7 Å². The van der Waals surface area contributed by atoms with Gasteiger partial charge < -0.3 is 15.6 Å². The van der Waals surface area contributed by atoms with Gasteiger partial charge in [-0.25, -0.2) is 0 Å². The summed E-state index contributed by atoms with van der Waals surface area (Å²) in [6, 6.07) is 3.43. The molecule has 1 rings (SSSR count). The third kappa shape index (κ3) is 3.00. The molecule has 0 unspecified atom stereocenters. The van der Waals surface area contributed by atoms with E-state index in [1.807, 2.05) is 6.92 Å². The number of phenols is 1. The summed E-state index contributed by atoms with van der Waals surface area (Å²) in [7, 11) is 0. The quantitative estimate of drug-likeness (QED) is 0.818. The van der Waals surface area contributed by atoms with E-state index in [2.05, 4.69) is 22.5 Å². The van der Waals surface area contributed by atoms with E-state index in [0.29, 0.717) is 23.2 Å². The molecule has 88 valence electrons. The smallest absolute Gasteiger partial charge is 0.172 e. The fraction of sp³-hybridized carbons (Fsp3) is 0.333. The second kappa shape index (κ2) is 5.92. The minimum atomic E-state index is -0.131. The topological polar surface area (TPSA) is 55.5 Å². The first-order chi connectivity index (χ1) is 7.60. The average molecular weight is 286 g/mol. The summed E-state index contributed by atoms with van der Waals surface area (Å²) in [5.74, 6) is 0.558. The van der Waals surface area contributed by atoms with Gasteiger partial charge in [-0.2, -0.15) is 0 Å². The van der Waals surface area contributed by atoms with Crippen molar-refractivity contribution in [2.75, 3.05) is 6.61 Å². The highest BCUT2D eigenvalue weighted by Gasteiger charge is 2.12. The van der Waals surface area contributed by atoms with Crippen molar-refractivity contribution >= 4 is 15.9 Å². The number of nitrogens with two attached hydrogens (primary N) is 1. The Morgan fingerprint density at radius 1 is 1.62 bits per heavy atom. The van der Waals surface area contributed by atoms with Crippen molar-refractivity contribution < 1.29 is 9.84 Å². The molecule has 0 aromatic heterocycles. The van der Waals surface area contributed by atoms with Crippen molar-refractivity contribution in [2.24, 2.45) is 5.73 Å². The lowest BCUT2D eigenvalue weighted by Gasteiger charge is -2.14. The summed E-state index contributed by atoms with van der Waals surface area (Å²) in [5.41, 5.74) is 6.87. The molecule has 0 spiro atoms. The van der Waals surface area contributed by atoms with E-state index in [0.717, 1.165) is 5.56 Å². The lowest BCUT2D eigenvalue weighted by atomic mass is 10.0. The van der Waals surface area contributed by atoms with Gasteiger partial charge in [-0.15, -0.1) is 6.58 Å². The van der Waals surface area contributed by atoms with Gasteiger partial charge in [0.2, 0.25) is 0 Å². The number of hydrogen-bond acceptors (Lipinski definition) is 3. The molecule has 0 saturated carbocycles. The Bertz CT molecular complexity index is 380. The highest BCUT2D eigenvalue weighted by molar-refractivity contribution is 9.10. The normalized spacial score (nSPS) is 12.2. The molecule has 0 amide bonds. The summed E-state index contributed by atoms with van der Waals surface area (Å²) < 4.78 is 5.92. The largest absolute Gasteiger partial charge is 0.503 e. The van der Waals surface area contributed by atoms with Crippen LogP contribution in [0.1, 0.15) is 24.9 Å². The molecule has 0 fully saturated rings. The SMILES string of the molecule is C=CC[C@@H](N)c1cc(Br)c(O)c(OCC)c1. The van der Waals surface area contributed by atoms with Gasteiger partial charge in [0.25, 0.3) is 0 Å². The van der Waals surface area contributed by atoms with Gasteiger partial charge in [-0.3, -0.25) is 0 Å². The maximum Gasteiger partial charge on any atom is 0.172 e. The van der Waals surface area contributed by atoms with Crippen LogP contribution in [0.25, 0.3) is 0 Å². The van der Waals surface area contributed by atoms with Crippen molar-refractivity contribution in [1.29, 1.82) is 0 Å². The first-order valence-electron chi connectivity index (χ1n) is 5.11. The molecule has 0 aliphatic carbocycles. The van der Waals surface area contributed by atoms with Crippen LogP contribution < -0.4 is 10.5 Å². The van der Waals surface area contributed by atoms with Crippen LogP contribution >= 0.6 is 15.9 Å². The number of ether oxygens (including phenoxy) is 1. The van der Waals surface area contributed by atoms with Crippen molar-refractivity contribution in [3.05, 3.63) is 34.8 Å². The Labute approximate surface area is 104 Å². The van der Waals surface area contributed by atoms with Crippen molar-refractivity contribution in [1.82, 2.24) is 0 Å². The van der Waals surface area contributed by atoms with Gasteiger partial charge >= 0.3 is 0 Å². The third-order valence-corrected chi connectivity index (χ3v) is 2.80. The van der Waals surface area contributed by atoms with E-state index in [1.54, 1.807) is 18.2 Å². The van der Waals surface area contributed by atoms with Crippen LogP contribution in [0.15, 0.2) is 29.3 Å². The molecule has 0 saturated heterocycles. The molecule has 3 nitrogen and oxygen atoms in total. The number of benzene rings is 1. The van der Waals surface area contributed by atoms with Crippen LogP contribution in [0.3, 0.4) is 0 Å². The molecular weight excluding hydrogens is 270 g/mol. The Balaban J connectivity index is 3.07. The van der Waals surface area contributed by atoms with E-state index in [1.165, 1.54) is 0 Å². The van der Waals surface area contributed by atoms with Gasteiger partial charge in [0.1, 0.15) is 0 Å². The summed E-state index contributed by atoms with van der Waals surface area (Å²) in [6.45, 7) is 6.02. The first-order valence-corrected chi connectivity index (χ1v) is 5.91. The Kier molecular flexibility index (Phi) is 4.83. The minimum absolute atomic E-state index is 0.108. The average Bonchev–Trinajstić information content (AvgIpc) is 2.25. The highest BCUT2D eigenvalue weighted by Crippen LogP contribution is 2.37. The number of rotatable bonds is 5. The van der Waals surface area contributed by atoms with Gasteiger partial charge in [0.05, 0.1) is 11.1 Å². The fourth-order valence-corrected chi connectivity index (χ4v) is 1.85. The zero-order valence-electron chi connectivity index (χ0n) is 9.24. The lowest BCUT2D eigenvalue weighted by molar-refractivity contribution is 0.316. The van der Waals surface area contributed by atoms with E-state index >= 15 is 0 Å². The van der Waals surface area contributed by atoms with Gasteiger partial charge in [0.15, 0.2) is 11.5 Å². The molecule has 0 radical (unpaired) electrons. The van der Waals surface area contributed by atoms with Crippen LogP contribution in [0.5, 0.6) is 11.5 Å². The van der Waals surface area contributed by atoms with E-state index in [9.17, 15) is 5.11 Å². The molecular formula is C12H16BrNO2. The number of aromatic hydroxyl groups is 1. The van der Waals surface area contributed by atoms with Crippen molar-refractivity contribution in [3.63, 3.8) is 0 Å². The van der Waals surface area contributed by atoms with Gasteiger partial charge in [-0.05, 0) is 47.0 Å². The Hall–Kier alpha value is -1.00. The molecule has 1 atom stereocenters. The van der Waals surface area contributed by atoms with Crippen molar-refractivity contribution in [2.45, 2.75) is 19.4 Å². The van der Waals surface area contributed by atoms with Crippen LogP contribution in [0.2, 0.25) is 0 Å². The molecule has 1 aromatic carbocycles. The van der Waals surface area contributed by atoms with Gasteiger partial charge in [0, 0.05) is 6.04 Å². The zero-order valence-corrected chi connectivity index (χ0v) is 10.8. The molecule has 1 aromatic rings. The van der Waals surface area contributed by atoms with Crippen LogP contribution in [-0.2, 0) is 0 Å². The minimum Gasteiger partial charge on any atom is -0.503 e. The summed E-state index contributed by atoms with van der Waals surface area (Å²) >= 11 is 3.27. The zero-order chi connectivity index (χ0) is 12.1. The Morgan fingerprint density at radius 2 is 2.31 bits per heavy atom. The second-order valence-electron chi connectivity index (χ2n) is 3.41.